The smallest absolute Gasteiger partial charge is 0.169 e. The largest absolute Gasteiger partial charge is 0.494 e. The molecule has 16 heavy (non-hydrogen) atoms. The van der Waals surface area contributed by atoms with Gasteiger partial charge in [-0.3, -0.25) is 4.90 Å². The Kier molecular flexibility index (Phi) is 4.71. The highest BCUT2D eigenvalue weighted by Crippen LogP contribution is 2.20. The van der Waals surface area contributed by atoms with Crippen molar-refractivity contribution in [2.24, 2.45) is 0 Å². The quantitative estimate of drug-likeness (QED) is 0.830. The van der Waals surface area contributed by atoms with Gasteiger partial charge in [-0.05, 0) is 20.0 Å². The highest BCUT2D eigenvalue weighted by Gasteiger charge is 2.11. The lowest BCUT2D eigenvalue weighted by Gasteiger charge is -2.19. The van der Waals surface area contributed by atoms with Crippen molar-refractivity contribution in [1.82, 2.24) is 4.90 Å². The Morgan fingerprint density at radius 1 is 1.50 bits per heavy atom. The van der Waals surface area contributed by atoms with Gasteiger partial charge >= 0.3 is 0 Å². The number of aliphatic hydroxyl groups is 1. The number of rotatable bonds is 5. The van der Waals surface area contributed by atoms with Gasteiger partial charge in [0.1, 0.15) is 0 Å². The topological polar surface area (TPSA) is 32.7 Å². The van der Waals surface area contributed by atoms with Crippen LogP contribution in [0.2, 0.25) is 0 Å². The standard InChI is InChI=1S/C12H18FNO2/c1-9(15)7-14(2)8-10-5-4-6-11(16-3)12(10)13/h4-6,9,15H,7-8H2,1-3H3. The second-order valence-electron chi connectivity index (χ2n) is 3.98. The van der Waals surface area contributed by atoms with Crippen LogP contribution in [-0.2, 0) is 6.54 Å². The minimum Gasteiger partial charge on any atom is -0.494 e. The molecule has 0 aliphatic carbocycles. The minimum atomic E-state index is -0.418. The van der Waals surface area contributed by atoms with E-state index in [4.69, 9.17) is 4.74 Å². The van der Waals surface area contributed by atoms with Gasteiger partial charge in [0, 0.05) is 18.7 Å². The molecule has 0 aliphatic rings. The van der Waals surface area contributed by atoms with Gasteiger partial charge < -0.3 is 9.84 Å². The highest BCUT2D eigenvalue weighted by atomic mass is 19.1. The van der Waals surface area contributed by atoms with Crippen LogP contribution in [0.4, 0.5) is 4.39 Å². The molecule has 1 aromatic carbocycles. The molecule has 0 saturated heterocycles. The maximum Gasteiger partial charge on any atom is 0.169 e. The highest BCUT2D eigenvalue weighted by molar-refractivity contribution is 5.30. The molecule has 0 saturated carbocycles. The maximum atomic E-state index is 13.8. The summed E-state index contributed by atoms with van der Waals surface area (Å²) in [4.78, 5) is 1.86. The Morgan fingerprint density at radius 3 is 2.75 bits per heavy atom. The molecular weight excluding hydrogens is 209 g/mol. The molecule has 0 aliphatic heterocycles. The van der Waals surface area contributed by atoms with Crippen molar-refractivity contribution < 1.29 is 14.2 Å². The van der Waals surface area contributed by atoms with E-state index in [9.17, 15) is 9.50 Å². The third-order valence-corrected chi connectivity index (χ3v) is 2.28. The predicted molar refractivity (Wildman–Crippen MR) is 61.0 cm³/mol. The van der Waals surface area contributed by atoms with E-state index >= 15 is 0 Å². The van der Waals surface area contributed by atoms with Crippen LogP contribution < -0.4 is 4.74 Å². The van der Waals surface area contributed by atoms with Crippen molar-refractivity contribution >= 4 is 0 Å². The van der Waals surface area contributed by atoms with Crippen molar-refractivity contribution in [2.75, 3.05) is 20.7 Å². The van der Waals surface area contributed by atoms with Gasteiger partial charge in [0.2, 0.25) is 0 Å². The maximum absolute atomic E-state index is 13.8. The van der Waals surface area contributed by atoms with Gasteiger partial charge in [-0.25, -0.2) is 4.39 Å². The number of halogens is 1. The van der Waals surface area contributed by atoms with Crippen LogP contribution in [0.15, 0.2) is 18.2 Å². The molecule has 0 fully saturated rings. The zero-order valence-corrected chi connectivity index (χ0v) is 9.90. The average Bonchev–Trinajstić information content (AvgIpc) is 2.20. The monoisotopic (exact) mass is 227 g/mol. The van der Waals surface area contributed by atoms with Crippen molar-refractivity contribution in [2.45, 2.75) is 19.6 Å². The molecule has 0 spiro atoms. The Hall–Kier alpha value is -1.13. The summed E-state index contributed by atoms with van der Waals surface area (Å²) in [6.07, 6.45) is -0.418. The Bertz CT molecular complexity index is 342. The first-order valence-corrected chi connectivity index (χ1v) is 5.22. The molecule has 4 heteroatoms. The number of hydrogen-bond acceptors (Lipinski definition) is 3. The summed E-state index contributed by atoms with van der Waals surface area (Å²) in [5.41, 5.74) is 0.572. The summed E-state index contributed by atoms with van der Waals surface area (Å²) in [6.45, 7) is 2.67. The molecule has 0 heterocycles. The Morgan fingerprint density at radius 2 is 2.19 bits per heavy atom. The van der Waals surface area contributed by atoms with Gasteiger partial charge in [-0.1, -0.05) is 12.1 Å². The molecule has 3 nitrogen and oxygen atoms in total. The Labute approximate surface area is 95.5 Å². The number of benzene rings is 1. The van der Waals surface area contributed by atoms with Crippen LogP contribution in [0.25, 0.3) is 0 Å². The van der Waals surface area contributed by atoms with E-state index in [1.54, 1.807) is 25.1 Å². The van der Waals surface area contributed by atoms with E-state index in [2.05, 4.69) is 0 Å². The fourth-order valence-electron chi connectivity index (χ4n) is 1.64. The summed E-state index contributed by atoms with van der Waals surface area (Å²) in [6, 6.07) is 5.07. The molecule has 0 aromatic heterocycles. The fourth-order valence-corrected chi connectivity index (χ4v) is 1.64. The number of hydrogen-bond donors (Lipinski definition) is 1. The van der Waals surface area contributed by atoms with E-state index in [0.717, 1.165) is 0 Å². The normalized spacial score (nSPS) is 12.9. The lowest BCUT2D eigenvalue weighted by Crippen LogP contribution is -2.27. The molecule has 0 bridgehead atoms. The second kappa shape index (κ2) is 5.82. The molecule has 1 unspecified atom stereocenters. The predicted octanol–water partition coefficient (Wildman–Crippen LogP) is 1.65. The van der Waals surface area contributed by atoms with Gasteiger partial charge in [-0.2, -0.15) is 0 Å². The van der Waals surface area contributed by atoms with Crippen molar-refractivity contribution in [3.8, 4) is 5.75 Å². The van der Waals surface area contributed by atoms with Crippen LogP contribution in [0.1, 0.15) is 12.5 Å². The number of methoxy groups -OCH3 is 1. The number of likely N-dealkylation sites (N-methyl/N-ethyl adjacent to an activating group) is 1. The van der Waals surface area contributed by atoms with E-state index in [0.29, 0.717) is 18.7 Å². The lowest BCUT2D eigenvalue weighted by molar-refractivity contribution is 0.137. The lowest BCUT2D eigenvalue weighted by atomic mass is 10.2. The first kappa shape index (κ1) is 12.9. The fraction of sp³-hybridized carbons (Fsp3) is 0.500. The molecule has 1 N–H and O–H groups in total. The second-order valence-corrected chi connectivity index (χ2v) is 3.98. The van der Waals surface area contributed by atoms with E-state index in [1.165, 1.54) is 7.11 Å². The van der Waals surface area contributed by atoms with Crippen LogP contribution in [0.5, 0.6) is 5.75 Å². The number of aliphatic hydroxyl groups excluding tert-OH is 1. The summed E-state index contributed by atoms with van der Waals surface area (Å²) < 4.78 is 18.7. The average molecular weight is 227 g/mol. The minimum absolute atomic E-state index is 0.253. The SMILES string of the molecule is COc1cccc(CN(C)CC(C)O)c1F. The molecular formula is C12H18FNO2. The molecule has 0 radical (unpaired) electrons. The van der Waals surface area contributed by atoms with Gasteiger partial charge in [0.05, 0.1) is 13.2 Å². The van der Waals surface area contributed by atoms with Gasteiger partial charge in [0.15, 0.2) is 11.6 Å². The third-order valence-electron chi connectivity index (χ3n) is 2.28. The molecule has 1 aromatic rings. The van der Waals surface area contributed by atoms with Crippen LogP contribution >= 0.6 is 0 Å². The van der Waals surface area contributed by atoms with Gasteiger partial charge in [-0.15, -0.1) is 0 Å². The molecule has 0 amide bonds. The summed E-state index contributed by atoms with van der Waals surface area (Å²) in [5.74, 6) is -0.0783. The van der Waals surface area contributed by atoms with E-state index in [1.807, 2.05) is 11.9 Å². The molecule has 1 atom stereocenters. The van der Waals surface area contributed by atoms with E-state index < -0.39 is 6.10 Å². The van der Waals surface area contributed by atoms with Gasteiger partial charge in [0.25, 0.3) is 0 Å². The van der Waals surface area contributed by atoms with Crippen molar-refractivity contribution in [3.63, 3.8) is 0 Å². The summed E-state index contributed by atoms with van der Waals surface area (Å²) >= 11 is 0. The van der Waals surface area contributed by atoms with Crippen molar-refractivity contribution in [1.29, 1.82) is 0 Å². The molecule has 1 rings (SSSR count). The van der Waals surface area contributed by atoms with Crippen LogP contribution in [0.3, 0.4) is 0 Å². The first-order chi connectivity index (χ1) is 7.54. The van der Waals surface area contributed by atoms with Crippen LogP contribution in [-0.4, -0.2) is 36.8 Å². The number of ether oxygens (including phenoxy) is 1. The number of nitrogens with zero attached hydrogens (tertiary/aromatic N) is 1. The molecule has 90 valence electrons. The zero-order valence-electron chi connectivity index (χ0n) is 9.90. The third kappa shape index (κ3) is 3.47. The van der Waals surface area contributed by atoms with Crippen molar-refractivity contribution in [3.05, 3.63) is 29.6 Å². The first-order valence-electron chi connectivity index (χ1n) is 5.22. The zero-order chi connectivity index (χ0) is 12.1. The summed E-state index contributed by atoms with van der Waals surface area (Å²) in [5, 5.41) is 9.21. The summed E-state index contributed by atoms with van der Waals surface area (Å²) in [7, 11) is 3.29. The Balaban J connectivity index is 2.73. The van der Waals surface area contributed by atoms with E-state index in [-0.39, 0.29) is 11.6 Å². The van der Waals surface area contributed by atoms with Crippen LogP contribution in [0, 0.1) is 5.82 Å².